The maximum Gasteiger partial charge on any atom is 0.317 e. The molecule has 5 heteroatoms. The van der Waals surface area contributed by atoms with Gasteiger partial charge < -0.3 is 10.2 Å². The van der Waals surface area contributed by atoms with Gasteiger partial charge in [-0.1, -0.05) is 41.9 Å². The molecule has 2 aromatic rings. The average Bonchev–Trinajstić information content (AvgIpc) is 2.89. The van der Waals surface area contributed by atoms with Crippen LogP contribution in [0.4, 0.5) is 4.79 Å². The Kier molecular flexibility index (Phi) is 6.08. The van der Waals surface area contributed by atoms with Crippen LogP contribution in [0.3, 0.4) is 0 Å². The fourth-order valence-corrected chi connectivity index (χ4v) is 3.15. The van der Waals surface area contributed by atoms with E-state index in [0.717, 1.165) is 22.1 Å². The number of carbonyl (C=O) groups is 1. The maximum absolute atomic E-state index is 12.0. The molecule has 0 saturated heterocycles. The summed E-state index contributed by atoms with van der Waals surface area (Å²) in [6.07, 6.45) is 1.92. The number of halogens is 1. The number of carbonyl (C=O) groups excluding carboxylic acids is 1. The second-order valence-electron chi connectivity index (χ2n) is 4.88. The zero-order valence-corrected chi connectivity index (χ0v) is 13.6. The number of hydrogen-bond donors (Lipinski definition) is 1. The molecule has 1 N–H and O–H groups in total. The highest BCUT2D eigenvalue weighted by Gasteiger charge is 2.09. The van der Waals surface area contributed by atoms with Crippen LogP contribution in [0.5, 0.6) is 0 Å². The molecule has 0 unspecified atom stereocenters. The third-order valence-corrected chi connectivity index (χ3v) is 4.35. The van der Waals surface area contributed by atoms with Crippen LogP contribution in [0.15, 0.2) is 42.5 Å². The predicted octanol–water partition coefficient (Wildman–Crippen LogP) is 4.18. The smallest absolute Gasteiger partial charge is 0.317 e. The van der Waals surface area contributed by atoms with E-state index in [1.165, 1.54) is 16.9 Å². The van der Waals surface area contributed by atoms with Crippen LogP contribution in [0.1, 0.15) is 16.9 Å². The summed E-state index contributed by atoms with van der Waals surface area (Å²) in [5.41, 5.74) is 1.30. The second-order valence-corrected chi connectivity index (χ2v) is 6.68. The Morgan fingerprint density at radius 1 is 1.24 bits per heavy atom. The van der Waals surface area contributed by atoms with Crippen LogP contribution in [0.2, 0.25) is 4.34 Å². The van der Waals surface area contributed by atoms with E-state index in [2.05, 4.69) is 17.4 Å². The molecule has 0 fully saturated rings. The summed E-state index contributed by atoms with van der Waals surface area (Å²) in [5, 5.41) is 2.94. The number of aryl methyl sites for hydroxylation is 1. The molecule has 0 radical (unpaired) electrons. The van der Waals surface area contributed by atoms with E-state index in [-0.39, 0.29) is 6.03 Å². The van der Waals surface area contributed by atoms with Crippen molar-refractivity contribution in [3.63, 3.8) is 0 Å². The largest absolute Gasteiger partial charge is 0.338 e. The van der Waals surface area contributed by atoms with Crippen LogP contribution in [-0.2, 0) is 13.0 Å². The number of amides is 2. The standard InChI is InChI=1S/C16H19ClN2OS/c1-19(12-14-9-10-15(17)21-14)16(20)18-11-5-8-13-6-3-2-4-7-13/h2-4,6-7,9-10H,5,8,11-12H2,1H3,(H,18,20). The van der Waals surface area contributed by atoms with Crippen molar-refractivity contribution in [2.75, 3.05) is 13.6 Å². The molecule has 3 nitrogen and oxygen atoms in total. The third-order valence-electron chi connectivity index (χ3n) is 3.13. The second kappa shape index (κ2) is 8.05. The van der Waals surface area contributed by atoms with Gasteiger partial charge in [-0.25, -0.2) is 4.79 Å². The highest BCUT2D eigenvalue weighted by atomic mass is 35.5. The first-order valence-electron chi connectivity index (χ1n) is 6.92. The van der Waals surface area contributed by atoms with Gasteiger partial charge in [0.05, 0.1) is 10.9 Å². The van der Waals surface area contributed by atoms with E-state index in [4.69, 9.17) is 11.6 Å². The van der Waals surface area contributed by atoms with Crippen molar-refractivity contribution in [3.8, 4) is 0 Å². The lowest BCUT2D eigenvalue weighted by molar-refractivity contribution is 0.207. The molecule has 0 aliphatic rings. The number of nitrogens with zero attached hydrogens (tertiary/aromatic N) is 1. The van der Waals surface area contributed by atoms with Crippen LogP contribution >= 0.6 is 22.9 Å². The van der Waals surface area contributed by atoms with E-state index < -0.39 is 0 Å². The SMILES string of the molecule is CN(Cc1ccc(Cl)s1)C(=O)NCCCc1ccccc1. The lowest BCUT2D eigenvalue weighted by atomic mass is 10.1. The third kappa shape index (κ3) is 5.40. The normalized spacial score (nSPS) is 10.4. The van der Waals surface area contributed by atoms with Crippen LogP contribution < -0.4 is 5.32 Å². The van der Waals surface area contributed by atoms with Gasteiger partial charge in [0, 0.05) is 18.5 Å². The zero-order chi connectivity index (χ0) is 15.1. The van der Waals surface area contributed by atoms with Gasteiger partial charge in [-0.15, -0.1) is 11.3 Å². The number of benzene rings is 1. The van der Waals surface area contributed by atoms with E-state index >= 15 is 0 Å². The van der Waals surface area contributed by atoms with Crippen LogP contribution in [-0.4, -0.2) is 24.5 Å². The first-order valence-corrected chi connectivity index (χ1v) is 8.11. The Bertz CT molecular complexity index is 571. The van der Waals surface area contributed by atoms with Crippen molar-refractivity contribution in [2.45, 2.75) is 19.4 Å². The summed E-state index contributed by atoms with van der Waals surface area (Å²) in [7, 11) is 1.79. The minimum atomic E-state index is -0.0485. The molecule has 21 heavy (non-hydrogen) atoms. The lowest BCUT2D eigenvalue weighted by Gasteiger charge is -2.17. The molecule has 2 rings (SSSR count). The Balaban J connectivity index is 1.67. The van der Waals surface area contributed by atoms with Gasteiger partial charge >= 0.3 is 6.03 Å². The topological polar surface area (TPSA) is 32.3 Å². The molecular weight excluding hydrogens is 304 g/mol. The molecule has 112 valence electrons. The average molecular weight is 323 g/mol. The van der Waals surface area contributed by atoms with E-state index in [9.17, 15) is 4.79 Å². The van der Waals surface area contributed by atoms with E-state index in [0.29, 0.717) is 13.1 Å². The van der Waals surface area contributed by atoms with Gasteiger partial charge in [0.25, 0.3) is 0 Å². The van der Waals surface area contributed by atoms with Gasteiger partial charge in [0.2, 0.25) is 0 Å². The Morgan fingerprint density at radius 2 is 2.00 bits per heavy atom. The minimum Gasteiger partial charge on any atom is -0.338 e. The number of nitrogens with one attached hydrogen (secondary N) is 1. The van der Waals surface area contributed by atoms with Gasteiger partial charge in [-0.05, 0) is 30.5 Å². The first-order chi connectivity index (χ1) is 10.1. The van der Waals surface area contributed by atoms with Gasteiger partial charge in [0.15, 0.2) is 0 Å². The maximum atomic E-state index is 12.0. The molecule has 1 heterocycles. The Hall–Kier alpha value is -1.52. The Morgan fingerprint density at radius 3 is 2.67 bits per heavy atom. The van der Waals surface area contributed by atoms with E-state index in [1.807, 2.05) is 30.3 Å². The summed E-state index contributed by atoms with van der Waals surface area (Å²) in [5.74, 6) is 0. The molecule has 0 aliphatic heterocycles. The van der Waals surface area contributed by atoms with Crippen molar-refractivity contribution in [3.05, 3.63) is 57.2 Å². The summed E-state index contributed by atoms with van der Waals surface area (Å²) in [4.78, 5) is 14.7. The van der Waals surface area contributed by atoms with E-state index in [1.54, 1.807) is 11.9 Å². The van der Waals surface area contributed by atoms with Crippen molar-refractivity contribution in [1.29, 1.82) is 0 Å². The number of rotatable bonds is 6. The highest BCUT2D eigenvalue weighted by molar-refractivity contribution is 7.16. The summed E-state index contributed by atoms with van der Waals surface area (Å²) in [6, 6.07) is 14.0. The number of urea groups is 1. The van der Waals surface area contributed by atoms with Crippen LogP contribution in [0, 0.1) is 0 Å². The minimum absolute atomic E-state index is 0.0485. The fourth-order valence-electron chi connectivity index (χ4n) is 2.01. The molecule has 1 aromatic heterocycles. The molecule has 0 bridgehead atoms. The van der Waals surface area contributed by atoms with Crippen LogP contribution in [0.25, 0.3) is 0 Å². The number of thiophene rings is 1. The predicted molar refractivity (Wildman–Crippen MR) is 89.0 cm³/mol. The van der Waals surface area contributed by atoms with Gasteiger partial charge in [-0.3, -0.25) is 0 Å². The molecule has 0 saturated carbocycles. The molecular formula is C16H19ClN2OS. The molecule has 0 spiro atoms. The first kappa shape index (κ1) is 15.9. The van der Waals surface area contributed by atoms with Crippen molar-refractivity contribution < 1.29 is 4.79 Å². The highest BCUT2D eigenvalue weighted by Crippen LogP contribution is 2.22. The summed E-state index contributed by atoms with van der Waals surface area (Å²) < 4.78 is 0.752. The summed E-state index contributed by atoms with van der Waals surface area (Å²) >= 11 is 7.39. The Labute approximate surface area is 134 Å². The molecule has 0 atom stereocenters. The quantitative estimate of drug-likeness (QED) is 0.795. The molecule has 0 aliphatic carbocycles. The van der Waals surface area contributed by atoms with Gasteiger partial charge in [-0.2, -0.15) is 0 Å². The number of hydrogen-bond acceptors (Lipinski definition) is 2. The molecule has 1 aromatic carbocycles. The zero-order valence-electron chi connectivity index (χ0n) is 12.0. The monoisotopic (exact) mass is 322 g/mol. The summed E-state index contributed by atoms with van der Waals surface area (Å²) in [6.45, 7) is 1.27. The van der Waals surface area contributed by atoms with Gasteiger partial charge in [0.1, 0.15) is 0 Å². The fraction of sp³-hybridized carbons (Fsp3) is 0.312. The lowest BCUT2D eigenvalue weighted by Crippen LogP contribution is -2.37. The van der Waals surface area contributed by atoms with Crippen molar-refractivity contribution >= 4 is 29.0 Å². The van der Waals surface area contributed by atoms with Crippen molar-refractivity contribution in [1.82, 2.24) is 10.2 Å². The molecule has 2 amide bonds. The van der Waals surface area contributed by atoms with Crippen molar-refractivity contribution in [2.24, 2.45) is 0 Å².